The lowest BCUT2D eigenvalue weighted by Crippen LogP contribution is -2.26. The van der Waals surface area contributed by atoms with Crippen LogP contribution in [-0.4, -0.2) is 5.78 Å². The minimum atomic E-state index is -0.233. The number of ketones is 1. The second-order valence-corrected chi connectivity index (χ2v) is 9.42. The smallest absolute Gasteiger partial charge is 0.163 e. The van der Waals surface area contributed by atoms with Gasteiger partial charge in [0, 0.05) is 17.7 Å². The van der Waals surface area contributed by atoms with Crippen molar-refractivity contribution in [2.45, 2.75) is 31.4 Å². The summed E-state index contributed by atoms with van der Waals surface area (Å²) in [5.41, 5.74) is 7.21. The fraction of sp³-hybridized carbons (Fsp3) is 0.156. The number of para-hydroxylation sites is 2. The van der Waals surface area contributed by atoms with Crippen LogP contribution < -0.4 is 15.4 Å². The molecule has 4 nitrogen and oxygen atoms in total. The van der Waals surface area contributed by atoms with E-state index in [-0.39, 0.29) is 17.7 Å². The summed E-state index contributed by atoms with van der Waals surface area (Å²) in [4.78, 5) is 13.7. The van der Waals surface area contributed by atoms with Gasteiger partial charge in [0.15, 0.2) is 5.78 Å². The number of allylic oxidation sites excluding steroid dienone is 1. The fourth-order valence-electron chi connectivity index (χ4n) is 5.20. The van der Waals surface area contributed by atoms with E-state index < -0.39 is 0 Å². The molecule has 0 aromatic heterocycles. The Bertz CT molecular complexity index is 1400. The quantitative estimate of drug-likeness (QED) is 0.321. The normalized spacial score (nSPS) is 18.8. The molecule has 2 N–H and O–H groups in total. The van der Waals surface area contributed by atoms with Crippen molar-refractivity contribution in [2.24, 2.45) is 0 Å². The molecule has 2 aliphatic rings. The SMILES string of the molecule is O=C1C[C@H](c2ccccc2)CC2=C1[C@H](c1ccc(OCc3ccccc3)cc1)Nc1ccccc1N2. The van der Waals surface area contributed by atoms with Crippen LogP contribution in [0.1, 0.15) is 41.5 Å². The fourth-order valence-corrected chi connectivity index (χ4v) is 5.20. The number of carbonyl (C=O) groups excluding carboxylic acids is 1. The number of anilines is 2. The lowest BCUT2D eigenvalue weighted by atomic mass is 9.78. The number of fused-ring (bicyclic) bond motifs is 1. The predicted octanol–water partition coefficient (Wildman–Crippen LogP) is 7.25. The summed E-state index contributed by atoms with van der Waals surface area (Å²) in [5, 5.41) is 7.27. The molecule has 0 fully saturated rings. The van der Waals surface area contributed by atoms with Crippen molar-refractivity contribution in [3.8, 4) is 5.75 Å². The lowest BCUT2D eigenvalue weighted by Gasteiger charge is -2.30. The maximum Gasteiger partial charge on any atom is 0.163 e. The van der Waals surface area contributed by atoms with Crippen LogP contribution in [0.4, 0.5) is 11.4 Å². The van der Waals surface area contributed by atoms with E-state index in [1.54, 1.807) is 0 Å². The third kappa shape index (κ3) is 4.50. The summed E-state index contributed by atoms with van der Waals surface area (Å²) in [6.45, 7) is 0.522. The van der Waals surface area contributed by atoms with Crippen LogP contribution in [0.15, 0.2) is 120 Å². The third-order valence-electron chi connectivity index (χ3n) is 7.04. The average Bonchev–Trinajstić information content (AvgIpc) is 3.10. The largest absolute Gasteiger partial charge is 0.489 e. The summed E-state index contributed by atoms with van der Waals surface area (Å²) in [6, 6.07) is 36.5. The number of nitrogens with one attached hydrogen (secondary N) is 2. The van der Waals surface area contributed by atoms with Gasteiger partial charge in [-0.05, 0) is 53.3 Å². The van der Waals surface area contributed by atoms with E-state index in [1.165, 1.54) is 5.56 Å². The first-order valence-corrected chi connectivity index (χ1v) is 12.4. The minimum absolute atomic E-state index is 0.171. The van der Waals surface area contributed by atoms with Crippen molar-refractivity contribution < 1.29 is 9.53 Å². The molecule has 2 atom stereocenters. The van der Waals surface area contributed by atoms with Crippen molar-refractivity contribution in [2.75, 3.05) is 10.6 Å². The van der Waals surface area contributed by atoms with Crippen molar-refractivity contribution in [1.82, 2.24) is 0 Å². The van der Waals surface area contributed by atoms with Gasteiger partial charge >= 0.3 is 0 Å². The van der Waals surface area contributed by atoms with Gasteiger partial charge in [0.05, 0.1) is 17.4 Å². The first kappa shape index (κ1) is 22.2. The molecule has 4 heteroatoms. The van der Waals surface area contributed by atoms with E-state index in [0.717, 1.165) is 45.9 Å². The predicted molar refractivity (Wildman–Crippen MR) is 144 cm³/mol. The summed E-state index contributed by atoms with van der Waals surface area (Å²) < 4.78 is 5.99. The maximum atomic E-state index is 13.7. The van der Waals surface area contributed by atoms with Crippen molar-refractivity contribution in [3.63, 3.8) is 0 Å². The highest BCUT2D eigenvalue weighted by Crippen LogP contribution is 2.44. The highest BCUT2D eigenvalue weighted by atomic mass is 16.5. The van der Waals surface area contributed by atoms with Gasteiger partial charge < -0.3 is 15.4 Å². The minimum Gasteiger partial charge on any atom is -0.489 e. The first-order chi connectivity index (χ1) is 17.7. The monoisotopic (exact) mass is 472 g/mol. The van der Waals surface area contributed by atoms with Crippen LogP contribution in [-0.2, 0) is 11.4 Å². The van der Waals surface area contributed by atoms with Gasteiger partial charge in [0.2, 0.25) is 0 Å². The van der Waals surface area contributed by atoms with Crippen LogP contribution in [0.3, 0.4) is 0 Å². The van der Waals surface area contributed by atoms with Gasteiger partial charge in [0.25, 0.3) is 0 Å². The molecule has 6 rings (SSSR count). The summed E-state index contributed by atoms with van der Waals surface area (Å²) in [5.74, 6) is 1.17. The van der Waals surface area contributed by atoms with Gasteiger partial charge in [-0.25, -0.2) is 0 Å². The standard InChI is InChI=1S/C32H28N2O2/c35-30-20-25(23-11-5-2-6-12-23)19-29-31(30)32(34-28-14-8-7-13-27(28)33-29)24-15-17-26(18-16-24)36-21-22-9-3-1-4-10-22/h1-18,25,32-34H,19-21H2/t25-,32+/m1/s1. The second-order valence-electron chi connectivity index (χ2n) is 9.42. The van der Waals surface area contributed by atoms with Crippen LogP contribution in [0, 0.1) is 0 Å². The van der Waals surface area contributed by atoms with Gasteiger partial charge in [-0.3, -0.25) is 4.79 Å². The average molecular weight is 473 g/mol. The lowest BCUT2D eigenvalue weighted by molar-refractivity contribution is -0.116. The van der Waals surface area contributed by atoms with E-state index in [2.05, 4.69) is 59.2 Å². The molecular weight excluding hydrogens is 444 g/mol. The third-order valence-corrected chi connectivity index (χ3v) is 7.04. The van der Waals surface area contributed by atoms with E-state index in [4.69, 9.17) is 4.74 Å². The van der Waals surface area contributed by atoms with Crippen LogP contribution in [0.5, 0.6) is 5.75 Å². The van der Waals surface area contributed by atoms with Crippen LogP contribution in [0.25, 0.3) is 0 Å². The maximum absolute atomic E-state index is 13.7. The van der Waals surface area contributed by atoms with Crippen molar-refractivity contribution in [3.05, 3.63) is 137 Å². The Hall–Kier alpha value is -4.31. The van der Waals surface area contributed by atoms with Gasteiger partial charge in [-0.1, -0.05) is 84.9 Å². The van der Waals surface area contributed by atoms with Crippen molar-refractivity contribution in [1.29, 1.82) is 0 Å². The molecule has 4 aromatic carbocycles. The Balaban J connectivity index is 1.32. The Labute approximate surface area is 211 Å². The number of hydrogen-bond acceptors (Lipinski definition) is 4. The number of carbonyl (C=O) groups is 1. The Kier molecular flexibility index (Phi) is 6.00. The zero-order chi connectivity index (χ0) is 24.3. The molecule has 178 valence electrons. The molecule has 0 spiro atoms. The molecule has 0 amide bonds. The Morgan fingerprint density at radius 2 is 1.36 bits per heavy atom. The van der Waals surface area contributed by atoms with Crippen molar-refractivity contribution >= 4 is 17.2 Å². The molecule has 0 saturated heterocycles. The van der Waals surface area contributed by atoms with E-state index in [1.807, 2.05) is 60.7 Å². The summed E-state index contributed by atoms with van der Waals surface area (Å²) in [6.07, 6.45) is 1.31. The molecular formula is C32H28N2O2. The second kappa shape index (κ2) is 9.74. The molecule has 0 unspecified atom stereocenters. The van der Waals surface area contributed by atoms with Crippen LogP contribution in [0.2, 0.25) is 0 Å². The van der Waals surface area contributed by atoms with Gasteiger partial charge in [-0.2, -0.15) is 0 Å². The number of benzene rings is 4. The molecule has 1 aliphatic carbocycles. The Morgan fingerprint density at radius 1 is 0.694 bits per heavy atom. The molecule has 0 bridgehead atoms. The topological polar surface area (TPSA) is 50.4 Å². The molecule has 36 heavy (non-hydrogen) atoms. The Morgan fingerprint density at radius 3 is 2.11 bits per heavy atom. The van der Waals surface area contributed by atoms with E-state index in [0.29, 0.717) is 13.0 Å². The van der Waals surface area contributed by atoms with E-state index >= 15 is 0 Å². The number of Topliss-reactive ketones (excluding diaryl/α,β-unsaturated/α-hetero) is 1. The number of ether oxygens (including phenoxy) is 1. The molecule has 1 heterocycles. The summed E-state index contributed by atoms with van der Waals surface area (Å²) in [7, 11) is 0. The zero-order valence-corrected chi connectivity index (χ0v) is 20.0. The molecule has 0 radical (unpaired) electrons. The molecule has 0 saturated carbocycles. The van der Waals surface area contributed by atoms with Gasteiger partial charge in [-0.15, -0.1) is 0 Å². The highest BCUT2D eigenvalue weighted by molar-refractivity contribution is 6.01. The summed E-state index contributed by atoms with van der Waals surface area (Å²) >= 11 is 0. The first-order valence-electron chi connectivity index (χ1n) is 12.4. The van der Waals surface area contributed by atoms with Crippen LogP contribution >= 0.6 is 0 Å². The van der Waals surface area contributed by atoms with E-state index in [9.17, 15) is 4.79 Å². The molecule has 1 aliphatic heterocycles. The number of hydrogen-bond donors (Lipinski definition) is 2. The number of rotatable bonds is 5. The molecule has 4 aromatic rings. The zero-order valence-electron chi connectivity index (χ0n) is 20.0. The highest BCUT2D eigenvalue weighted by Gasteiger charge is 2.36. The van der Waals surface area contributed by atoms with Gasteiger partial charge in [0.1, 0.15) is 12.4 Å².